The van der Waals surface area contributed by atoms with Gasteiger partial charge in [-0.1, -0.05) is 31.5 Å². The number of halogens is 1. The third-order valence-corrected chi connectivity index (χ3v) is 3.28. The number of aromatic nitrogens is 2. The molecule has 6 heteroatoms. The minimum Gasteiger partial charge on any atom is -0.497 e. The monoisotopic (exact) mass is 294 g/mol. The smallest absolute Gasteiger partial charge is 0.358 e. The molecule has 20 heavy (non-hydrogen) atoms. The fourth-order valence-corrected chi connectivity index (χ4v) is 2.40. The van der Waals surface area contributed by atoms with E-state index in [2.05, 4.69) is 5.10 Å². The second-order valence-corrected chi connectivity index (χ2v) is 5.00. The topological polar surface area (TPSA) is 64.4 Å². The first kappa shape index (κ1) is 14.4. The Bertz CT molecular complexity index is 650. The highest BCUT2D eigenvalue weighted by Gasteiger charge is 2.23. The summed E-state index contributed by atoms with van der Waals surface area (Å²) in [6.45, 7) is 3.87. The molecule has 2 rings (SSSR count). The van der Waals surface area contributed by atoms with Crippen molar-refractivity contribution < 1.29 is 14.6 Å². The van der Waals surface area contributed by atoms with E-state index in [9.17, 15) is 4.79 Å². The molecule has 0 amide bonds. The molecular formula is C14H15ClN2O3. The number of aromatic carboxylic acids is 1. The van der Waals surface area contributed by atoms with Crippen molar-refractivity contribution in [3.05, 3.63) is 40.7 Å². The molecule has 0 aliphatic rings. The summed E-state index contributed by atoms with van der Waals surface area (Å²) in [6.07, 6.45) is 0. The second-order valence-electron chi connectivity index (χ2n) is 4.62. The normalized spacial score (nSPS) is 10.8. The van der Waals surface area contributed by atoms with Crippen molar-refractivity contribution in [3.8, 4) is 11.4 Å². The lowest BCUT2D eigenvalue weighted by Gasteiger charge is -2.11. The molecule has 1 aromatic carbocycles. The zero-order valence-corrected chi connectivity index (χ0v) is 12.2. The first-order chi connectivity index (χ1) is 9.45. The van der Waals surface area contributed by atoms with Gasteiger partial charge in [0.05, 0.1) is 23.5 Å². The zero-order valence-electron chi connectivity index (χ0n) is 11.4. The highest BCUT2D eigenvalue weighted by molar-refractivity contribution is 6.34. The number of carboxylic acid groups (broad SMARTS) is 1. The summed E-state index contributed by atoms with van der Waals surface area (Å²) in [5, 5.41) is 13.4. The molecule has 1 N–H and O–H groups in total. The number of carbonyl (C=O) groups is 1. The highest BCUT2D eigenvalue weighted by atomic mass is 35.5. The van der Waals surface area contributed by atoms with Gasteiger partial charge in [0.2, 0.25) is 0 Å². The lowest BCUT2D eigenvalue weighted by Crippen LogP contribution is -2.05. The number of nitrogens with zero attached hydrogens (tertiary/aromatic N) is 2. The molecule has 1 heterocycles. The lowest BCUT2D eigenvalue weighted by molar-refractivity contribution is 0.0690. The van der Waals surface area contributed by atoms with Crippen LogP contribution in [-0.2, 0) is 0 Å². The van der Waals surface area contributed by atoms with Crippen LogP contribution in [-0.4, -0.2) is 28.0 Å². The van der Waals surface area contributed by atoms with Crippen LogP contribution in [0.3, 0.4) is 0 Å². The Kier molecular flexibility index (Phi) is 3.99. The summed E-state index contributed by atoms with van der Waals surface area (Å²) in [7, 11) is 1.57. The van der Waals surface area contributed by atoms with Crippen LogP contribution in [0.5, 0.6) is 5.75 Å². The third kappa shape index (κ3) is 2.49. The van der Waals surface area contributed by atoms with Gasteiger partial charge >= 0.3 is 5.97 Å². The fourth-order valence-electron chi connectivity index (χ4n) is 1.99. The predicted octanol–water partition coefficient (Wildman–Crippen LogP) is 3.36. The molecule has 0 radical (unpaired) electrons. The maximum Gasteiger partial charge on any atom is 0.358 e. The van der Waals surface area contributed by atoms with E-state index in [-0.39, 0.29) is 16.6 Å². The van der Waals surface area contributed by atoms with Crippen molar-refractivity contribution in [1.82, 2.24) is 9.78 Å². The summed E-state index contributed by atoms with van der Waals surface area (Å²) in [6, 6.07) is 7.22. The Morgan fingerprint density at radius 1 is 1.45 bits per heavy atom. The van der Waals surface area contributed by atoms with E-state index in [1.807, 2.05) is 32.0 Å². The Morgan fingerprint density at radius 2 is 2.15 bits per heavy atom. The Hall–Kier alpha value is -2.01. The van der Waals surface area contributed by atoms with Gasteiger partial charge < -0.3 is 9.84 Å². The van der Waals surface area contributed by atoms with Crippen molar-refractivity contribution in [1.29, 1.82) is 0 Å². The van der Waals surface area contributed by atoms with Gasteiger partial charge in [-0.25, -0.2) is 9.48 Å². The SMILES string of the molecule is COc1cccc(-n2nc(C(=O)O)c(Cl)c2C(C)C)c1. The van der Waals surface area contributed by atoms with Crippen LogP contribution in [0.4, 0.5) is 0 Å². The van der Waals surface area contributed by atoms with Crippen molar-refractivity contribution in [2.24, 2.45) is 0 Å². The molecule has 0 saturated heterocycles. The minimum absolute atomic E-state index is 0.0364. The average molecular weight is 295 g/mol. The zero-order chi connectivity index (χ0) is 14.9. The van der Waals surface area contributed by atoms with E-state index < -0.39 is 5.97 Å². The molecule has 2 aromatic rings. The molecule has 0 saturated carbocycles. The van der Waals surface area contributed by atoms with E-state index in [0.29, 0.717) is 17.1 Å². The van der Waals surface area contributed by atoms with Gasteiger partial charge in [0.1, 0.15) is 5.75 Å². The van der Waals surface area contributed by atoms with Gasteiger partial charge in [0, 0.05) is 6.07 Å². The highest BCUT2D eigenvalue weighted by Crippen LogP contribution is 2.30. The van der Waals surface area contributed by atoms with Crippen LogP contribution in [0.15, 0.2) is 24.3 Å². The molecule has 0 spiro atoms. The van der Waals surface area contributed by atoms with Gasteiger partial charge in [0.15, 0.2) is 5.69 Å². The Labute approximate surface area is 121 Å². The first-order valence-electron chi connectivity index (χ1n) is 6.11. The molecule has 5 nitrogen and oxygen atoms in total. The van der Waals surface area contributed by atoms with Gasteiger partial charge in [-0.3, -0.25) is 0 Å². The third-order valence-electron chi connectivity index (χ3n) is 2.91. The number of methoxy groups -OCH3 is 1. The number of carboxylic acids is 1. The van der Waals surface area contributed by atoms with Gasteiger partial charge in [-0.15, -0.1) is 0 Å². The summed E-state index contributed by atoms with van der Waals surface area (Å²) in [5.41, 5.74) is 1.23. The van der Waals surface area contributed by atoms with Gasteiger partial charge in [0.25, 0.3) is 0 Å². The Balaban J connectivity index is 2.66. The van der Waals surface area contributed by atoms with Crippen molar-refractivity contribution in [3.63, 3.8) is 0 Å². The minimum atomic E-state index is -1.14. The van der Waals surface area contributed by atoms with E-state index in [1.54, 1.807) is 17.9 Å². The maximum atomic E-state index is 11.2. The molecule has 0 bridgehead atoms. The number of hydrogen-bond acceptors (Lipinski definition) is 3. The van der Waals surface area contributed by atoms with Crippen LogP contribution >= 0.6 is 11.6 Å². The molecule has 0 unspecified atom stereocenters. The lowest BCUT2D eigenvalue weighted by atomic mass is 10.1. The van der Waals surface area contributed by atoms with Crippen molar-refractivity contribution >= 4 is 17.6 Å². The second kappa shape index (κ2) is 5.54. The van der Waals surface area contributed by atoms with E-state index >= 15 is 0 Å². The number of ether oxygens (including phenoxy) is 1. The molecule has 0 atom stereocenters. The van der Waals surface area contributed by atoms with Gasteiger partial charge in [-0.2, -0.15) is 5.10 Å². The fraction of sp³-hybridized carbons (Fsp3) is 0.286. The predicted molar refractivity (Wildman–Crippen MR) is 76.2 cm³/mol. The molecular weight excluding hydrogens is 280 g/mol. The number of rotatable bonds is 4. The van der Waals surface area contributed by atoms with E-state index in [0.717, 1.165) is 0 Å². The Morgan fingerprint density at radius 3 is 2.70 bits per heavy atom. The summed E-state index contributed by atoms with van der Waals surface area (Å²) in [5.74, 6) is -0.437. The van der Waals surface area contributed by atoms with E-state index in [4.69, 9.17) is 21.4 Å². The largest absolute Gasteiger partial charge is 0.497 e. The maximum absolute atomic E-state index is 11.2. The molecule has 106 valence electrons. The number of hydrogen-bond donors (Lipinski definition) is 1. The van der Waals surface area contributed by atoms with Gasteiger partial charge in [-0.05, 0) is 18.1 Å². The van der Waals surface area contributed by atoms with Crippen LogP contribution in [0.25, 0.3) is 5.69 Å². The van der Waals surface area contributed by atoms with Crippen LogP contribution in [0.2, 0.25) is 5.02 Å². The summed E-state index contributed by atoms with van der Waals surface area (Å²) in [4.78, 5) is 11.2. The van der Waals surface area contributed by atoms with Crippen molar-refractivity contribution in [2.45, 2.75) is 19.8 Å². The average Bonchev–Trinajstić information content (AvgIpc) is 2.76. The van der Waals surface area contributed by atoms with Crippen molar-refractivity contribution in [2.75, 3.05) is 7.11 Å². The quantitative estimate of drug-likeness (QED) is 0.939. The standard InChI is InChI=1S/C14H15ClN2O3/c1-8(2)13-11(15)12(14(18)19)16-17(13)9-5-4-6-10(7-9)20-3/h4-8H,1-3H3,(H,18,19). The number of benzene rings is 1. The summed E-state index contributed by atoms with van der Waals surface area (Å²) < 4.78 is 6.73. The molecule has 0 aliphatic heterocycles. The van der Waals surface area contributed by atoms with E-state index in [1.165, 1.54) is 0 Å². The van der Waals surface area contributed by atoms with Crippen LogP contribution in [0.1, 0.15) is 35.9 Å². The molecule has 0 aliphatic carbocycles. The van der Waals surface area contributed by atoms with Crippen LogP contribution < -0.4 is 4.74 Å². The van der Waals surface area contributed by atoms with Crippen LogP contribution in [0, 0.1) is 0 Å². The molecule has 1 aromatic heterocycles. The molecule has 0 fully saturated rings. The first-order valence-corrected chi connectivity index (χ1v) is 6.49. The summed E-state index contributed by atoms with van der Waals surface area (Å²) >= 11 is 6.15.